The predicted octanol–water partition coefficient (Wildman–Crippen LogP) is 2.46. The lowest BCUT2D eigenvalue weighted by Crippen LogP contribution is -2.08. The van der Waals surface area contributed by atoms with Gasteiger partial charge in [-0.05, 0) is 37.3 Å². The first-order valence-corrected chi connectivity index (χ1v) is 6.24. The molecule has 5 heteroatoms. The van der Waals surface area contributed by atoms with Crippen molar-refractivity contribution in [3.05, 3.63) is 54.0 Å². The fraction of sp³-hybridized carbons (Fsp3) is 0.0667. The number of anilines is 3. The van der Waals surface area contributed by atoms with Crippen LogP contribution in [0.15, 0.2) is 48.4 Å². The monoisotopic (exact) mass is 266 g/mol. The molecule has 1 aliphatic heterocycles. The van der Waals surface area contributed by atoms with Crippen molar-refractivity contribution in [3.8, 4) is 0 Å². The number of allylic oxidation sites excluding steroid dienone is 1. The van der Waals surface area contributed by atoms with Crippen molar-refractivity contribution in [2.75, 3.05) is 16.4 Å². The largest absolute Gasteiger partial charge is 0.399 e. The molecule has 100 valence electrons. The molecular weight excluding hydrogens is 252 g/mol. The van der Waals surface area contributed by atoms with Gasteiger partial charge in [-0.2, -0.15) is 0 Å². The topological polar surface area (TPSA) is 80.0 Å². The molecule has 0 unspecified atom stereocenters. The molecule has 1 aromatic carbocycles. The van der Waals surface area contributed by atoms with Crippen LogP contribution < -0.4 is 16.4 Å². The number of hydrogen-bond acceptors (Lipinski definition) is 4. The second-order valence-corrected chi connectivity index (χ2v) is 4.63. The van der Waals surface area contributed by atoms with Crippen LogP contribution >= 0.6 is 0 Å². The molecule has 0 radical (unpaired) electrons. The fourth-order valence-corrected chi connectivity index (χ4v) is 2.27. The molecular formula is C15H14N4O. The molecule has 2 heterocycles. The quantitative estimate of drug-likeness (QED) is 0.576. The number of hydrogen-bond donors (Lipinski definition) is 3. The summed E-state index contributed by atoms with van der Waals surface area (Å²) >= 11 is 0. The van der Waals surface area contributed by atoms with Crippen LogP contribution in [0.1, 0.15) is 12.5 Å². The Morgan fingerprint density at radius 2 is 2.20 bits per heavy atom. The number of benzene rings is 1. The molecule has 0 aliphatic carbocycles. The first-order valence-electron chi connectivity index (χ1n) is 6.24. The molecule has 20 heavy (non-hydrogen) atoms. The van der Waals surface area contributed by atoms with Gasteiger partial charge in [-0.15, -0.1) is 0 Å². The molecule has 0 fully saturated rings. The van der Waals surface area contributed by atoms with Crippen LogP contribution in [0.2, 0.25) is 0 Å². The summed E-state index contributed by atoms with van der Waals surface area (Å²) in [6.07, 6.45) is 3.41. The highest BCUT2D eigenvalue weighted by Gasteiger charge is 2.26. The number of aromatic nitrogens is 1. The Morgan fingerprint density at radius 1 is 1.35 bits per heavy atom. The number of nitrogens with zero attached hydrogens (tertiary/aromatic N) is 1. The van der Waals surface area contributed by atoms with Gasteiger partial charge >= 0.3 is 0 Å². The van der Waals surface area contributed by atoms with E-state index in [4.69, 9.17) is 5.73 Å². The SMILES string of the molecule is CC(Nc1cccnc1)=C1C(=O)Nc2ccc(N)cc21. The Bertz CT molecular complexity index is 707. The van der Waals surface area contributed by atoms with Gasteiger partial charge in [0.05, 0.1) is 17.5 Å². The number of rotatable bonds is 2. The maximum Gasteiger partial charge on any atom is 0.258 e. The number of carbonyl (C=O) groups is 1. The number of nitrogen functional groups attached to an aromatic ring is 1. The third-order valence-electron chi connectivity index (χ3n) is 3.16. The van der Waals surface area contributed by atoms with Crippen LogP contribution in [-0.4, -0.2) is 10.9 Å². The highest BCUT2D eigenvalue weighted by Crippen LogP contribution is 2.35. The summed E-state index contributed by atoms with van der Waals surface area (Å²) in [7, 11) is 0. The molecule has 0 saturated carbocycles. The molecule has 0 bridgehead atoms. The molecule has 2 aromatic rings. The Labute approximate surface area is 116 Å². The molecule has 1 aliphatic rings. The second-order valence-electron chi connectivity index (χ2n) is 4.63. The molecule has 1 amide bonds. The van der Waals surface area contributed by atoms with Crippen LogP contribution in [0, 0.1) is 0 Å². The van der Waals surface area contributed by atoms with Crippen LogP contribution in [0.5, 0.6) is 0 Å². The summed E-state index contributed by atoms with van der Waals surface area (Å²) in [5.41, 5.74) is 10.2. The summed E-state index contributed by atoms with van der Waals surface area (Å²) < 4.78 is 0. The normalized spacial score (nSPS) is 15.6. The molecule has 4 N–H and O–H groups in total. The van der Waals surface area contributed by atoms with Gasteiger partial charge in [0.2, 0.25) is 0 Å². The Kier molecular flexibility index (Phi) is 2.87. The van der Waals surface area contributed by atoms with Crippen LogP contribution in [0.25, 0.3) is 5.57 Å². The van der Waals surface area contributed by atoms with Gasteiger partial charge in [0.25, 0.3) is 5.91 Å². The Balaban J connectivity index is 2.03. The van der Waals surface area contributed by atoms with Crippen molar-refractivity contribution in [1.82, 2.24) is 4.98 Å². The van der Waals surface area contributed by atoms with E-state index in [1.807, 2.05) is 25.1 Å². The zero-order chi connectivity index (χ0) is 14.1. The smallest absolute Gasteiger partial charge is 0.258 e. The maximum atomic E-state index is 12.1. The first-order chi connectivity index (χ1) is 9.65. The number of pyridine rings is 1. The van der Waals surface area contributed by atoms with Gasteiger partial charge in [0.15, 0.2) is 0 Å². The molecule has 5 nitrogen and oxygen atoms in total. The summed E-state index contributed by atoms with van der Waals surface area (Å²) in [5, 5.41) is 6.02. The summed E-state index contributed by atoms with van der Waals surface area (Å²) in [4.78, 5) is 16.1. The number of nitrogens with two attached hydrogens (primary N) is 1. The van der Waals surface area contributed by atoms with E-state index >= 15 is 0 Å². The van der Waals surface area contributed by atoms with Gasteiger partial charge in [-0.25, -0.2) is 0 Å². The lowest BCUT2D eigenvalue weighted by molar-refractivity contribution is -0.110. The number of nitrogens with one attached hydrogen (secondary N) is 2. The number of amides is 1. The third kappa shape index (κ3) is 2.09. The zero-order valence-electron chi connectivity index (χ0n) is 11.0. The Morgan fingerprint density at radius 3 is 2.95 bits per heavy atom. The third-order valence-corrected chi connectivity index (χ3v) is 3.16. The van der Waals surface area contributed by atoms with E-state index in [9.17, 15) is 4.79 Å². The van der Waals surface area contributed by atoms with Gasteiger partial charge in [0.1, 0.15) is 0 Å². The van der Waals surface area contributed by atoms with Crippen molar-refractivity contribution in [3.63, 3.8) is 0 Å². The fourth-order valence-electron chi connectivity index (χ4n) is 2.27. The standard InChI is InChI=1S/C15H14N4O/c1-9(18-11-3-2-6-17-8-11)14-12-7-10(16)4-5-13(12)19-15(14)20/h2-8,18H,16H2,1H3,(H,19,20). The van der Waals surface area contributed by atoms with Crippen molar-refractivity contribution in [2.24, 2.45) is 0 Å². The van der Waals surface area contributed by atoms with Gasteiger partial charge < -0.3 is 16.4 Å². The van der Waals surface area contributed by atoms with Gasteiger partial charge in [-0.1, -0.05) is 0 Å². The molecule has 0 spiro atoms. The average molecular weight is 266 g/mol. The minimum atomic E-state index is -0.125. The highest BCUT2D eigenvalue weighted by atomic mass is 16.2. The van der Waals surface area contributed by atoms with E-state index in [0.29, 0.717) is 11.3 Å². The zero-order valence-corrected chi connectivity index (χ0v) is 11.0. The number of carbonyl (C=O) groups excluding carboxylic acids is 1. The van der Waals surface area contributed by atoms with Crippen LogP contribution in [0.3, 0.4) is 0 Å². The predicted molar refractivity (Wildman–Crippen MR) is 79.9 cm³/mol. The van der Waals surface area contributed by atoms with Crippen molar-refractivity contribution >= 4 is 28.5 Å². The van der Waals surface area contributed by atoms with E-state index < -0.39 is 0 Å². The average Bonchev–Trinajstić information content (AvgIpc) is 2.75. The van der Waals surface area contributed by atoms with Gasteiger partial charge in [-0.3, -0.25) is 9.78 Å². The number of fused-ring (bicyclic) bond motifs is 1. The van der Waals surface area contributed by atoms with Crippen molar-refractivity contribution in [2.45, 2.75) is 6.92 Å². The van der Waals surface area contributed by atoms with E-state index in [1.165, 1.54) is 0 Å². The lowest BCUT2D eigenvalue weighted by Gasteiger charge is -2.09. The van der Waals surface area contributed by atoms with Gasteiger partial charge in [0, 0.05) is 28.8 Å². The van der Waals surface area contributed by atoms with E-state index in [2.05, 4.69) is 15.6 Å². The van der Waals surface area contributed by atoms with Crippen LogP contribution in [-0.2, 0) is 4.79 Å². The van der Waals surface area contributed by atoms with Crippen LogP contribution in [0.4, 0.5) is 17.1 Å². The van der Waals surface area contributed by atoms with Crippen molar-refractivity contribution in [1.29, 1.82) is 0 Å². The molecule has 3 rings (SSSR count). The summed E-state index contributed by atoms with van der Waals surface area (Å²) in [6, 6.07) is 9.11. The molecule has 0 atom stereocenters. The molecule has 1 aromatic heterocycles. The Hall–Kier alpha value is -2.82. The lowest BCUT2D eigenvalue weighted by atomic mass is 10.0. The maximum absolute atomic E-state index is 12.1. The minimum absolute atomic E-state index is 0.125. The van der Waals surface area contributed by atoms with E-state index in [0.717, 1.165) is 22.6 Å². The molecule has 0 saturated heterocycles. The van der Waals surface area contributed by atoms with Crippen molar-refractivity contribution < 1.29 is 4.79 Å². The summed E-state index contributed by atoms with van der Waals surface area (Å²) in [6.45, 7) is 1.86. The summed E-state index contributed by atoms with van der Waals surface area (Å²) in [5.74, 6) is -0.125. The second kappa shape index (κ2) is 4.70. The first kappa shape index (κ1) is 12.2. The minimum Gasteiger partial charge on any atom is -0.399 e. The van der Waals surface area contributed by atoms with E-state index in [1.54, 1.807) is 24.5 Å². The highest BCUT2D eigenvalue weighted by molar-refractivity contribution is 6.32. The van der Waals surface area contributed by atoms with E-state index in [-0.39, 0.29) is 5.91 Å².